The summed E-state index contributed by atoms with van der Waals surface area (Å²) in [7, 11) is 2.30. The molecule has 2 aliphatic rings. The highest BCUT2D eigenvalue weighted by molar-refractivity contribution is 5.95. The Hall–Kier alpha value is -6.46. The maximum atomic E-state index is 13.4. The van der Waals surface area contributed by atoms with Gasteiger partial charge in [0.05, 0.1) is 50.9 Å². The number of benzene rings is 2. The number of ether oxygens (including phenoxy) is 2. The molecule has 2 fully saturated rings. The van der Waals surface area contributed by atoms with Gasteiger partial charge in [-0.15, -0.1) is 0 Å². The number of likely N-dealkylation sites (tertiary alicyclic amines) is 2. The Bertz CT molecular complexity index is 1880. The van der Waals surface area contributed by atoms with E-state index in [-0.39, 0.29) is 31.5 Å². The third kappa shape index (κ3) is 9.50. The van der Waals surface area contributed by atoms with Gasteiger partial charge in [-0.25, -0.2) is 14.6 Å². The zero-order valence-electron chi connectivity index (χ0n) is 29.8. The van der Waals surface area contributed by atoms with E-state index in [0.717, 1.165) is 36.6 Å². The van der Waals surface area contributed by atoms with Gasteiger partial charge in [0.2, 0.25) is 29.5 Å². The van der Waals surface area contributed by atoms with E-state index < -0.39 is 60.2 Å². The van der Waals surface area contributed by atoms with Crippen LogP contribution in [0.5, 0.6) is 0 Å². The second-order valence-electron chi connectivity index (χ2n) is 13.0. The Morgan fingerprint density at radius 1 is 0.796 bits per heavy atom. The summed E-state index contributed by atoms with van der Waals surface area (Å²) in [5.74, 6) is -2.64. The molecule has 0 unspecified atom stereocenters. The largest absolute Gasteiger partial charge is 0.453 e. The summed E-state index contributed by atoms with van der Waals surface area (Å²) in [6.45, 7) is 0.818. The van der Waals surface area contributed by atoms with E-state index in [1.165, 1.54) is 4.90 Å². The molecule has 2 aliphatic heterocycles. The van der Waals surface area contributed by atoms with Gasteiger partial charge >= 0.3 is 12.2 Å². The number of H-pyrrole nitrogens is 1. The molecule has 8 N–H and O–H groups in total. The molecule has 18 nitrogen and oxygen atoms in total. The van der Waals surface area contributed by atoms with Crippen molar-refractivity contribution in [1.82, 2.24) is 30.4 Å². The molecule has 3 aromatic rings. The number of hydrogen-bond donors (Lipinski definition) is 6. The van der Waals surface area contributed by atoms with Crippen molar-refractivity contribution in [3.63, 3.8) is 0 Å². The van der Waals surface area contributed by atoms with Crippen LogP contribution in [0.1, 0.15) is 44.0 Å². The molecule has 2 saturated heterocycles. The highest BCUT2D eigenvalue weighted by Gasteiger charge is 2.38. The van der Waals surface area contributed by atoms with Gasteiger partial charge in [0.1, 0.15) is 17.9 Å². The van der Waals surface area contributed by atoms with E-state index >= 15 is 0 Å². The van der Waals surface area contributed by atoms with Gasteiger partial charge in [-0.2, -0.15) is 0 Å². The van der Waals surface area contributed by atoms with Crippen LogP contribution in [0.25, 0.3) is 22.4 Å². The normalized spacial score (nSPS) is 17.6. The van der Waals surface area contributed by atoms with Gasteiger partial charge in [-0.05, 0) is 48.1 Å². The summed E-state index contributed by atoms with van der Waals surface area (Å²) < 4.78 is 9.15. The van der Waals surface area contributed by atoms with Crippen LogP contribution in [-0.4, -0.2) is 107 Å². The smallest absolute Gasteiger partial charge is 0.407 e. The molecule has 286 valence electrons. The lowest BCUT2D eigenvalue weighted by atomic mass is 10.0. The minimum atomic E-state index is -1.19. The summed E-state index contributed by atoms with van der Waals surface area (Å²) >= 11 is 0. The number of aromatic amines is 1. The number of methoxy groups -OCH3 is 2. The van der Waals surface area contributed by atoms with E-state index in [2.05, 4.69) is 35.4 Å². The van der Waals surface area contributed by atoms with Gasteiger partial charge in [0, 0.05) is 25.3 Å². The summed E-state index contributed by atoms with van der Waals surface area (Å²) in [4.78, 5) is 96.8. The SMILES string of the molecule is COC(=O)N[C@@H](CC(N)=O)C(=O)N1CCC[C@H]1c1ncc(-c2ccc(-c3ccc(NC(=O)[C@H]4CCN(C(=O)[C@@H](CC(N)=O)NC(=O)OC)C4)cc3)cc2)[nH]1. The Kier molecular flexibility index (Phi) is 12.5. The van der Waals surface area contributed by atoms with Crippen LogP contribution in [0.3, 0.4) is 0 Å². The maximum Gasteiger partial charge on any atom is 0.407 e. The highest BCUT2D eigenvalue weighted by Crippen LogP contribution is 2.33. The van der Waals surface area contributed by atoms with Gasteiger partial charge in [-0.3, -0.25) is 24.0 Å². The number of anilines is 1. The molecular formula is C36H43N9O9. The third-order valence-corrected chi connectivity index (χ3v) is 9.36. The van der Waals surface area contributed by atoms with E-state index in [9.17, 15) is 33.6 Å². The quantitative estimate of drug-likeness (QED) is 0.146. The Morgan fingerprint density at radius 2 is 1.35 bits per heavy atom. The van der Waals surface area contributed by atoms with Crippen molar-refractivity contribution in [2.24, 2.45) is 17.4 Å². The molecule has 3 heterocycles. The summed E-state index contributed by atoms with van der Waals surface area (Å²) in [6, 6.07) is 12.4. The Balaban J connectivity index is 1.17. The monoisotopic (exact) mass is 745 g/mol. The number of rotatable bonds is 13. The number of carbonyl (C=O) groups is 7. The lowest BCUT2D eigenvalue weighted by molar-refractivity contribution is -0.136. The number of hydrogen-bond acceptors (Lipinski definition) is 10. The van der Waals surface area contributed by atoms with Crippen molar-refractivity contribution < 1.29 is 43.0 Å². The third-order valence-electron chi connectivity index (χ3n) is 9.36. The summed E-state index contributed by atoms with van der Waals surface area (Å²) in [5.41, 5.74) is 14.6. The van der Waals surface area contributed by atoms with Crippen molar-refractivity contribution in [2.45, 2.75) is 50.2 Å². The van der Waals surface area contributed by atoms with Crippen LogP contribution < -0.4 is 27.4 Å². The average Bonchev–Trinajstić information content (AvgIpc) is 3.95. The van der Waals surface area contributed by atoms with E-state index in [4.69, 9.17) is 11.5 Å². The van der Waals surface area contributed by atoms with Crippen molar-refractivity contribution in [3.8, 4) is 22.4 Å². The van der Waals surface area contributed by atoms with E-state index in [1.807, 2.05) is 36.4 Å². The first-order valence-corrected chi connectivity index (χ1v) is 17.3. The van der Waals surface area contributed by atoms with Crippen molar-refractivity contribution in [3.05, 3.63) is 60.6 Å². The average molecular weight is 746 g/mol. The van der Waals surface area contributed by atoms with Gasteiger partial charge < -0.3 is 51.7 Å². The lowest BCUT2D eigenvalue weighted by Gasteiger charge is -2.27. The molecule has 2 aromatic carbocycles. The molecule has 0 radical (unpaired) electrons. The molecule has 18 heteroatoms. The maximum absolute atomic E-state index is 13.4. The minimum absolute atomic E-state index is 0.119. The number of primary amides is 2. The van der Waals surface area contributed by atoms with Crippen LogP contribution in [0.4, 0.5) is 15.3 Å². The standard InChI is InChI=1S/C36H43N9O9/c1-53-35(51)42-25(16-29(37)46)33(49)44-15-13-23(19-44)32(48)40-24-11-9-21(10-12-24)20-5-7-22(8-6-20)27-18-39-31(41-27)28-4-3-14-45(28)34(50)26(17-30(38)47)43-36(52)54-2/h5-12,18,23,25-26,28H,3-4,13-17,19H2,1-2H3,(H2,37,46)(H2,38,47)(H,39,41)(H,40,48)(H,42,51)(H,43,52)/t23-,25+,26-,28-/m0/s1. The van der Waals surface area contributed by atoms with Crippen molar-refractivity contribution in [1.29, 1.82) is 0 Å². The zero-order valence-corrected chi connectivity index (χ0v) is 29.8. The Labute approximate surface area is 310 Å². The number of aromatic nitrogens is 2. The van der Waals surface area contributed by atoms with Crippen LogP contribution in [0.15, 0.2) is 54.7 Å². The number of carbonyl (C=O) groups excluding carboxylic acids is 7. The first kappa shape index (κ1) is 38.8. The van der Waals surface area contributed by atoms with E-state index in [1.54, 1.807) is 23.2 Å². The first-order valence-electron chi connectivity index (χ1n) is 17.3. The molecule has 4 atom stereocenters. The fraction of sp³-hybridized carbons (Fsp3) is 0.389. The second-order valence-corrected chi connectivity index (χ2v) is 13.0. The number of alkyl carbamates (subject to hydrolysis) is 2. The minimum Gasteiger partial charge on any atom is -0.453 e. The zero-order chi connectivity index (χ0) is 38.9. The second kappa shape index (κ2) is 17.4. The fourth-order valence-electron chi connectivity index (χ4n) is 6.60. The first-order chi connectivity index (χ1) is 25.9. The molecular weight excluding hydrogens is 702 g/mol. The van der Waals surface area contributed by atoms with Crippen molar-refractivity contribution in [2.75, 3.05) is 39.2 Å². The lowest BCUT2D eigenvalue weighted by Crippen LogP contribution is -2.50. The molecule has 5 rings (SSSR count). The highest BCUT2D eigenvalue weighted by atomic mass is 16.5. The Morgan fingerprint density at radius 3 is 1.93 bits per heavy atom. The molecule has 7 amide bonds. The predicted molar refractivity (Wildman–Crippen MR) is 193 cm³/mol. The number of nitrogens with two attached hydrogens (primary N) is 2. The van der Waals surface area contributed by atoms with E-state index in [0.29, 0.717) is 37.3 Å². The molecule has 54 heavy (non-hydrogen) atoms. The van der Waals surface area contributed by atoms with Gasteiger partial charge in [0.15, 0.2) is 0 Å². The van der Waals surface area contributed by atoms with Gasteiger partial charge in [-0.1, -0.05) is 36.4 Å². The van der Waals surface area contributed by atoms with Crippen LogP contribution in [0, 0.1) is 5.92 Å². The topological polar surface area (TPSA) is 261 Å². The van der Waals surface area contributed by atoms with Crippen LogP contribution in [0.2, 0.25) is 0 Å². The number of imidazole rings is 1. The fourth-order valence-corrected chi connectivity index (χ4v) is 6.60. The number of nitrogens with one attached hydrogen (secondary N) is 4. The number of amides is 7. The van der Waals surface area contributed by atoms with Crippen LogP contribution in [-0.2, 0) is 33.4 Å². The van der Waals surface area contributed by atoms with Gasteiger partial charge in [0.25, 0.3) is 0 Å². The predicted octanol–water partition coefficient (Wildman–Crippen LogP) is 1.39. The molecule has 1 aromatic heterocycles. The summed E-state index contributed by atoms with van der Waals surface area (Å²) in [6.07, 6.45) is 0.974. The molecule has 0 aliphatic carbocycles. The number of nitrogens with zero attached hydrogens (tertiary/aromatic N) is 3. The molecule has 0 saturated carbocycles. The molecule has 0 bridgehead atoms. The summed E-state index contributed by atoms with van der Waals surface area (Å²) in [5, 5.41) is 7.62. The van der Waals surface area contributed by atoms with Crippen molar-refractivity contribution >= 4 is 47.4 Å². The molecule has 0 spiro atoms. The van der Waals surface area contributed by atoms with Crippen LogP contribution >= 0.6 is 0 Å².